The Bertz CT molecular complexity index is 600. The molecule has 0 heterocycles. The zero-order chi connectivity index (χ0) is 14.5. The summed E-state index contributed by atoms with van der Waals surface area (Å²) in [6.45, 7) is 4.39. The Hall–Kier alpha value is -2.29. The summed E-state index contributed by atoms with van der Waals surface area (Å²) >= 11 is 0. The molecule has 1 amide bonds. The van der Waals surface area contributed by atoms with Crippen LogP contribution >= 0.6 is 0 Å². The van der Waals surface area contributed by atoms with Gasteiger partial charge < -0.3 is 10.1 Å². The molecule has 104 valence electrons. The average molecular weight is 269 g/mol. The van der Waals surface area contributed by atoms with Gasteiger partial charge in [0.1, 0.15) is 5.75 Å². The summed E-state index contributed by atoms with van der Waals surface area (Å²) in [6.07, 6.45) is 0. The van der Waals surface area contributed by atoms with Crippen molar-refractivity contribution < 1.29 is 9.53 Å². The van der Waals surface area contributed by atoms with E-state index in [0.29, 0.717) is 6.54 Å². The van der Waals surface area contributed by atoms with Crippen LogP contribution in [0.4, 0.5) is 0 Å². The Morgan fingerprint density at radius 3 is 2.40 bits per heavy atom. The SMILES string of the molecule is COc1cccc(CNC(=O)c2c(C)cccc2C)c1. The Kier molecular flexibility index (Phi) is 4.41. The second kappa shape index (κ2) is 6.24. The highest BCUT2D eigenvalue weighted by Crippen LogP contribution is 2.15. The fourth-order valence-electron chi connectivity index (χ4n) is 2.23. The smallest absolute Gasteiger partial charge is 0.252 e. The monoisotopic (exact) mass is 269 g/mol. The van der Waals surface area contributed by atoms with E-state index in [-0.39, 0.29) is 5.91 Å². The number of carbonyl (C=O) groups is 1. The summed E-state index contributed by atoms with van der Waals surface area (Å²) in [5, 5.41) is 2.95. The first-order valence-electron chi connectivity index (χ1n) is 6.59. The lowest BCUT2D eigenvalue weighted by molar-refractivity contribution is 0.0949. The minimum absolute atomic E-state index is 0.0385. The highest BCUT2D eigenvalue weighted by molar-refractivity contribution is 5.97. The van der Waals surface area contributed by atoms with Crippen molar-refractivity contribution in [3.63, 3.8) is 0 Å². The maximum atomic E-state index is 12.3. The molecule has 0 unspecified atom stereocenters. The predicted molar refractivity (Wildman–Crippen MR) is 80.1 cm³/mol. The molecular weight excluding hydrogens is 250 g/mol. The third-order valence-corrected chi connectivity index (χ3v) is 3.30. The number of carbonyl (C=O) groups excluding carboxylic acids is 1. The average Bonchev–Trinajstić information content (AvgIpc) is 2.45. The summed E-state index contributed by atoms with van der Waals surface area (Å²) in [5.74, 6) is 0.757. The van der Waals surface area contributed by atoms with Gasteiger partial charge in [0.2, 0.25) is 0 Å². The van der Waals surface area contributed by atoms with Gasteiger partial charge in [-0.3, -0.25) is 4.79 Å². The third kappa shape index (κ3) is 3.18. The third-order valence-electron chi connectivity index (χ3n) is 3.30. The molecule has 0 aromatic heterocycles. The minimum atomic E-state index is -0.0385. The Morgan fingerprint density at radius 2 is 1.75 bits per heavy atom. The molecule has 2 aromatic carbocycles. The van der Waals surface area contributed by atoms with Gasteiger partial charge in [-0.15, -0.1) is 0 Å². The topological polar surface area (TPSA) is 38.3 Å². The van der Waals surface area contributed by atoms with E-state index in [9.17, 15) is 4.79 Å². The van der Waals surface area contributed by atoms with E-state index >= 15 is 0 Å². The number of amides is 1. The molecule has 0 atom stereocenters. The van der Waals surface area contributed by atoms with Crippen LogP contribution in [0.1, 0.15) is 27.0 Å². The molecule has 3 nitrogen and oxygen atoms in total. The number of nitrogens with one attached hydrogen (secondary N) is 1. The number of hydrogen-bond acceptors (Lipinski definition) is 2. The van der Waals surface area contributed by atoms with Gasteiger partial charge in [-0.1, -0.05) is 30.3 Å². The van der Waals surface area contributed by atoms with Crippen LogP contribution < -0.4 is 10.1 Å². The van der Waals surface area contributed by atoms with Crippen molar-refractivity contribution in [2.75, 3.05) is 7.11 Å². The van der Waals surface area contributed by atoms with Crippen molar-refractivity contribution in [2.24, 2.45) is 0 Å². The molecule has 0 fully saturated rings. The van der Waals surface area contributed by atoms with Crippen LogP contribution in [0.3, 0.4) is 0 Å². The van der Waals surface area contributed by atoms with E-state index in [0.717, 1.165) is 28.0 Å². The number of rotatable bonds is 4. The molecule has 0 spiro atoms. The molecule has 0 aliphatic rings. The first-order valence-corrected chi connectivity index (χ1v) is 6.59. The van der Waals surface area contributed by atoms with Crippen LogP contribution in [0, 0.1) is 13.8 Å². The fraction of sp³-hybridized carbons (Fsp3) is 0.235. The van der Waals surface area contributed by atoms with Crippen LogP contribution in [0.5, 0.6) is 5.75 Å². The van der Waals surface area contributed by atoms with E-state index in [2.05, 4.69) is 5.32 Å². The van der Waals surface area contributed by atoms with Gasteiger partial charge in [0.05, 0.1) is 7.11 Å². The predicted octanol–water partition coefficient (Wildman–Crippen LogP) is 3.24. The van der Waals surface area contributed by atoms with Crippen LogP contribution in [0.25, 0.3) is 0 Å². The molecule has 2 rings (SSSR count). The zero-order valence-electron chi connectivity index (χ0n) is 12.1. The van der Waals surface area contributed by atoms with Crippen molar-refractivity contribution in [1.82, 2.24) is 5.32 Å². The fourth-order valence-corrected chi connectivity index (χ4v) is 2.23. The standard InChI is InChI=1S/C17H19NO2/c1-12-6-4-7-13(2)16(12)17(19)18-11-14-8-5-9-15(10-14)20-3/h4-10H,11H2,1-3H3,(H,18,19). The largest absolute Gasteiger partial charge is 0.497 e. The maximum Gasteiger partial charge on any atom is 0.252 e. The normalized spacial score (nSPS) is 10.2. The van der Waals surface area contributed by atoms with Crippen molar-refractivity contribution in [3.05, 3.63) is 64.7 Å². The first kappa shape index (κ1) is 14.1. The summed E-state index contributed by atoms with van der Waals surface area (Å²) in [4.78, 5) is 12.3. The van der Waals surface area contributed by atoms with E-state index < -0.39 is 0 Å². The van der Waals surface area contributed by atoms with E-state index in [1.54, 1.807) is 7.11 Å². The van der Waals surface area contributed by atoms with Crippen LogP contribution in [-0.2, 0) is 6.54 Å². The molecule has 0 saturated carbocycles. The van der Waals surface area contributed by atoms with Crippen molar-refractivity contribution >= 4 is 5.91 Å². The molecule has 20 heavy (non-hydrogen) atoms. The molecule has 2 aromatic rings. The van der Waals surface area contributed by atoms with Gasteiger partial charge in [-0.05, 0) is 42.7 Å². The van der Waals surface area contributed by atoms with Crippen molar-refractivity contribution in [2.45, 2.75) is 20.4 Å². The molecule has 3 heteroatoms. The second-order valence-electron chi connectivity index (χ2n) is 4.80. The molecular formula is C17H19NO2. The maximum absolute atomic E-state index is 12.3. The van der Waals surface area contributed by atoms with Gasteiger partial charge in [-0.2, -0.15) is 0 Å². The summed E-state index contributed by atoms with van der Waals surface area (Å²) in [6, 6.07) is 13.6. The molecule has 0 radical (unpaired) electrons. The Labute approximate surface area is 119 Å². The van der Waals surface area contributed by atoms with Crippen LogP contribution in [-0.4, -0.2) is 13.0 Å². The Morgan fingerprint density at radius 1 is 1.10 bits per heavy atom. The van der Waals surface area contributed by atoms with Crippen molar-refractivity contribution in [1.29, 1.82) is 0 Å². The van der Waals surface area contributed by atoms with Crippen molar-refractivity contribution in [3.8, 4) is 5.75 Å². The van der Waals surface area contributed by atoms with E-state index in [1.165, 1.54) is 0 Å². The molecule has 0 aliphatic carbocycles. The number of methoxy groups -OCH3 is 1. The number of aryl methyl sites for hydroxylation is 2. The summed E-state index contributed by atoms with van der Waals surface area (Å²) in [7, 11) is 1.63. The highest BCUT2D eigenvalue weighted by Gasteiger charge is 2.11. The van der Waals surface area contributed by atoms with Crippen LogP contribution in [0.2, 0.25) is 0 Å². The Balaban J connectivity index is 2.09. The quantitative estimate of drug-likeness (QED) is 0.925. The number of ether oxygens (including phenoxy) is 1. The number of benzene rings is 2. The lowest BCUT2D eigenvalue weighted by Gasteiger charge is -2.11. The molecule has 0 aliphatic heterocycles. The lowest BCUT2D eigenvalue weighted by Crippen LogP contribution is -2.24. The number of hydrogen-bond donors (Lipinski definition) is 1. The first-order chi connectivity index (χ1) is 9.61. The highest BCUT2D eigenvalue weighted by atomic mass is 16.5. The van der Waals surface area contributed by atoms with Gasteiger partial charge in [0.15, 0.2) is 0 Å². The van der Waals surface area contributed by atoms with Gasteiger partial charge in [0, 0.05) is 12.1 Å². The van der Waals surface area contributed by atoms with Crippen LogP contribution in [0.15, 0.2) is 42.5 Å². The van der Waals surface area contributed by atoms with Gasteiger partial charge >= 0.3 is 0 Å². The van der Waals surface area contributed by atoms with Gasteiger partial charge in [-0.25, -0.2) is 0 Å². The van der Waals surface area contributed by atoms with E-state index in [1.807, 2.05) is 56.3 Å². The molecule has 0 bridgehead atoms. The minimum Gasteiger partial charge on any atom is -0.497 e. The zero-order valence-corrected chi connectivity index (χ0v) is 12.1. The summed E-state index contributed by atoms with van der Waals surface area (Å²) in [5.41, 5.74) is 3.76. The van der Waals surface area contributed by atoms with E-state index in [4.69, 9.17) is 4.74 Å². The van der Waals surface area contributed by atoms with Gasteiger partial charge in [0.25, 0.3) is 5.91 Å². The molecule has 0 saturated heterocycles. The second-order valence-corrected chi connectivity index (χ2v) is 4.80. The lowest BCUT2D eigenvalue weighted by atomic mass is 10.0. The summed E-state index contributed by atoms with van der Waals surface area (Å²) < 4.78 is 5.17. The molecule has 1 N–H and O–H groups in total.